The third kappa shape index (κ3) is 3.20. The molecule has 4 heteroatoms. The molecule has 2 aromatic carbocycles. The summed E-state index contributed by atoms with van der Waals surface area (Å²) in [4.78, 5) is 12.8. The highest BCUT2D eigenvalue weighted by atomic mass is 32.2. The Balaban J connectivity index is 2.35. The Hall–Kier alpha value is -1.68. The lowest BCUT2D eigenvalue weighted by Crippen LogP contribution is -1.98. The van der Waals surface area contributed by atoms with Gasteiger partial charge in [-0.15, -0.1) is 0 Å². The highest BCUT2D eigenvalue weighted by molar-refractivity contribution is 7.99. The van der Waals surface area contributed by atoms with E-state index in [0.717, 1.165) is 17.8 Å². The molecule has 2 rings (SSSR count). The molecule has 0 spiro atoms. The van der Waals surface area contributed by atoms with Gasteiger partial charge in [-0.25, -0.2) is 8.78 Å². The van der Waals surface area contributed by atoms with Gasteiger partial charge in [0.1, 0.15) is 11.6 Å². The number of hydrogen-bond donors (Lipinski definition) is 0. The summed E-state index contributed by atoms with van der Waals surface area (Å²) in [6.07, 6.45) is 0.392. The summed E-state index contributed by atoms with van der Waals surface area (Å²) >= 11 is 1.13. The first-order valence-corrected chi connectivity index (χ1v) is 6.68. The lowest BCUT2D eigenvalue weighted by atomic mass is 10.1. The van der Waals surface area contributed by atoms with Crippen LogP contribution >= 0.6 is 11.8 Å². The van der Waals surface area contributed by atoms with Gasteiger partial charge >= 0.3 is 0 Å². The molecule has 0 atom stereocenters. The molecule has 0 radical (unpaired) electrons. The van der Waals surface area contributed by atoms with Crippen LogP contribution in [0.4, 0.5) is 8.78 Å². The number of Topliss-reactive ketones (excluding diaryl/α,β-unsaturated/α-hetero) is 1. The van der Waals surface area contributed by atoms with Gasteiger partial charge < -0.3 is 0 Å². The van der Waals surface area contributed by atoms with Gasteiger partial charge in [0.2, 0.25) is 0 Å². The van der Waals surface area contributed by atoms with E-state index in [0.29, 0.717) is 21.8 Å². The fourth-order valence-electron chi connectivity index (χ4n) is 1.65. The van der Waals surface area contributed by atoms with E-state index in [1.165, 1.54) is 12.1 Å². The first-order valence-electron chi connectivity index (χ1n) is 5.87. The van der Waals surface area contributed by atoms with Crippen LogP contribution in [0.25, 0.3) is 0 Å². The molecule has 98 valence electrons. The lowest BCUT2D eigenvalue weighted by Gasteiger charge is -2.08. The molecule has 0 fully saturated rings. The summed E-state index contributed by atoms with van der Waals surface area (Å²) < 4.78 is 26.5. The van der Waals surface area contributed by atoms with Gasteiger partial charge in [-0.1, -0.05) is 36.9 Å². The third-order valence-electron chi connectivity index (χ3n) is 2.62. The Morgan fingerprint density at radius 3 is 2.53 bits per heavy atom. The van der Waals surface area contributed by atoms with Crippen molar-refractivity contribution >= 4 is 17.5 Å². The molecule has 0 aliphatic rings. The molecule has 0 aliphatic carbocycles. The Labute approximate surface area is 114 Å². The molecule has 0 unspecified atom stereocenters. The standard InChI is InChI=1S/C15H12F2OS/c1-2-13(18)11-5-3-4-6-14(11)19-15-8-7-10(16)9-12(15)17/h3-9H,2H2,1H3. The number of halogens is 2. The van der Waals surface area contributed by atoms with Gasteiger partial charge in [-0.05, 0) is 18.2 Å². The fraction of sp³-hybridized carbons (Fsp3) is 0.133. The van der Waals surface area contributed by atoms with E-state index < -0.39 is 11.6 Å². The number of carbonyl (C=O) groups excluding carboxylic acids is 1. The van der Waals surface area contributed by atoms with Crippen LogP contribution < -0.4 is 0 Å². The van der Waals surface area contributed by atoms with Crippen molar-refractivity contribution in [2.24, 2.45) is 0 Å². The zero-order valence-electron chi connectivity index (χ0n) is 10.3. The molecule has 0 heterocycles. The van der Waals surface area contributed by atoms with Gasteiger partial charge in [0.25, 0.3) is 0 Å². The van der Waals surface area contributed by atoms with Crippen LogP contribution in [-0.4, -0.2) is 5.78 Å². The molecule has 0 aliphatic heterocycles. The molecule has 0 amide bonds. The van der Waals surface area contributed by atoms with E-state index >= 15 is 0 Å². The SMILES string of the molecule is CCC(=O)c1ccccc1Sc1ccc(F)cc1F. The van der Waals surface area contributed by atoms with E-state index in [1.54, 1.807) is 31.2 Å². The van der Waals surface area contributed by atoms with Crippen molar-refractivity contribution in [3.63, 3.8) is 0 Å². The topological polar surface area (TPSA) is 17.1 Å². The van der Waals surface area contributed by atoms with Crippen LogP contribution in [0.15, 0.2) is 52.3 Å². The van der Waals surface area contributed by atoms with Crippen molar-refractivity contribution < 1.29 is 13.6 Å². The minimum atomic E-state index is -0.622. The van der Waals surface area contributed by atoms with Gasteiger partial charge in [-0.2, -0.15) is 0 Å². The highest BCUT2D eigenvalue weighted by Crippen LogP contribution is 2.32. The summed E-state index contributed by atoms with van der Waals surface area (Å²) in [6, 6.07) is 10.5. The van der Waals surface area contributed by atoms with Crippen molar-refractivity contribution in [2.45, 2.75) is 23.1 Å². The average molecular weight is 278 g/mol. The van der Waals surface area contributed by atoms with E-state index in [4.69, 9.17) is 0 Å². The Morgan fingerprint density at radius 2 is 1.84 bits per heavy atom. The van der Waals surface area contributed by atoms with Gasteiger partial charge in [0.05, 0.1) is 0 Å². The fourth-order valence-corrected chi connectivity index (χ4v) is 2.62. The largest absolute Gasteiger partial charge is 0.294 e. The third-order valence-corrected chi connectivity index (χ3v) is 3.75. The van der Waals surface area contributed by atoms with Gasteiger partial charge in [-0.3, -0.25) is 4.79 Å². The van der Waals surface area contributed by atoms with Crippen LogP contribution in [0.1, 0.15) is 23.7 Å². The van der Waals surface area contributed by atoms with Gasteiger partial charge in [0.15, 0.2) is 5.78 Å². The average Bonchev–Trinajstić information content (AvgIpc) is 2.41. The van der Waals surface area contributed by atoms with E-state index in [2.05, 4.69) is 0 Å². The predicted octanol–water partition coefficient (Wildman–Crippen LogP) is 4.71. The summed E-state index contributed by atoms with van der Waals surface area (Å²) in [5.41, 5.74) is 0.568. The Bertz CT molecular complexity index is 611. The van der Waals surface area contributed by atoms with Crippen LogP contribution in [0.5, 0.6) is 0 Å². The number of hydrogen-bond acceptors (Lipinski definition) is 2. The molecule has 0 aromatic heterocycles. The molecular weight excluding hydrogens is 266 g/mol. The van der Waals surface area contributed by atoms with Crippen molar-refractivity contribution in [2.75, 3.05) is 0 Å². The first kappa shape index (κ1) is 13.7. The molecule has 0 N–H and O–H groups in total. The number of benzene rings is 2. The summed E-state index contributed by atoms with van der Waals surface area (Å²) in [5.74, 6) is -1.23. The minimum absolute atomic E-state index is 0.00520. The smallest absolute Gasteiger partial charge is 0.163 e. The molecule has 1 nitrogen and oxygen atoms in total. The molecule has 0 saturated heterocycles. The molecule has 0 saturated carbocycles. The van der Waals surface area contributed by atoms with E-state index in [9.17, 15) is 13.6 Å². The van der Waals surface area contributed by atoms with Crippen LogP contribution in [0.3, 0.4) is 0 Å². The second-order valence-electron chi connectivity index (χ2n) is 3.95. The lowest BCUT2D eigenvalue weighted by molar-refractivity contribution is 0.0985. The zero-order chi connectivity index (χ0) is 13.8. The monoisotopic (exact) mass is 278 g/mol. The molecule has 19 heavy (non-hydrogen) atoms. The van der Waals surface area contributed by atoms with Crippen molar-refractivity contribution in [3.8, 4) is 0 Å². The number of ketones is 1. The summed E-state index contributed by atoms with van der Waals surface area (Å²) in [5, 5.41) is 0. The minimum Gasteiger partial charge on any atom is -0.294 e. The number of rotatable bonds is 4. The maximum absolute atomic E-state index is 13.6. The quantitative estimate of drug-likeness (QED) is 0.753. The Morgan fingerprint density at radius 1 is 1.11 bits per heavy atom. The van der Waals surface area contributed by atoms with Gasteiger partial charge in [0, 0.05) is 27.8 Å². The van der Waals surface area contributed by atoms with Crippen molar-refractivity contribution in [1.82, 2.24) is 0 Å². The summed E-state index contributed by atoms with van der Waals surface area (Å²) in [6.45, 7) is 1.78. The maximum Gasteiger partial charge on any atom is 0.163 e. The normalized spacial score (nSPS) is 10.5. The van der Waals surface area contributed by atoms with Crippen molar-refractivity contribution in [1.29, 1.82) is 0 Å². The predicted molar refractivity (Wildman–Crippen MR) is 71.5 cm³/mol. The van der Waals surface area contributed by atoms with E-state index in [-0.39, 0.29) is 5.78 Å². The van der Waals surface area contributed by atoms with Crippen LogP contribution in [-0.2, 0) is 0 Å². The Kier molecular flexibility index (Phi) is 4.32. The highest BCUT2D eigenvalue weighted by Gasteiger charge is 2.12. The molecular formula is C15H12F2OS. The first-order chi connectivity index (χ1) is 9.11. The second-order valence-corrected chi connectivity index (χ2v) is 5.03. The summed E-state index contributed by atoms with van der Waals surface area (Å²) in [7, 11) is 0. The second kappa shape index (κ2) is 5.97. The maximum atomic E-state index is 13.6. The molecule has 2 aromatic rings. The zero-order valence-corrected chi connectivity index (χ0v) is 11.1. The van der Waals surface area contributed by atoms with Crippen LogP contribution in [0, 0.1) is 11.6 Å². The number of carbonyl (C=O) groups is 1. The van der Waals surface area contributed by atoms with Crippen molar-refractivity contribution in [3.05, 3.63) is 59.7 Å². The van der Waals surface area contributed by atoms with Crippen LogP contribution in [0.2, 0.25) is 0 Å². The van der Waals surface area contributed by atoms with E-state index in [1.807, 2.05) is 0 Å². The molecule has 0 bridgehead atoms.